The molecule has 0 atom stereocenters. The average Bonchev–Trinajstić information content (AvgIpc) is 2.55. The van der Waals surface area contributed by atoms with Gasteiger partial charge in [-0.05, 0) is 18.9 Å². The van der Waals surface area contributed by atoms with E-state index in [0.717, 1.165) is 25.9 Å². The zero-order chi connectivity index (χ0) is 10.7. The summed E-state index contributed by atoms with van der Waals surface area (Å²) in [6.45, 7) is 1.93. The van der Waals surface area contributed by atoms with Gasteiger partial charge < -0.3 is 14.4 Å². The number of aromatic carboxylic acids is 1. The third-order valence-electron chi connectivity index (χ3n) is 2.72. The second kappa shape index (κ2) is 4.38. The molecule has 1 fully saturated rings. The van der Waals surface area contributed by atoms with Crippen molar-refractivity contribution < 1.29 is 14.3 Å². The number of hydrogen-bond acceptors (Lipinski definition) is 3. The van der Waals surface area contributed by atoms with Gasteiger partial charge in [-0.15, -0.1) is 0 Å². The first-order chi connectivity index (χ1) is 7.27. The van der Waals surface area contributed by atoms with Gasteiger partial charge in [0.15, 0.2) is 5.88 Å². The number of rotatable bonds is 2. The van der Waals surface area contributed by atoms with Crippen molar-refractivity contribution >= 4 is 11.9 Å². The van der Waals surface area contributed by atoms with Crippen molar-refractivity contribution in [2.24, 2.45) is 0 Å². The van der Waals surface area contributed by atoms with Gasteiger partial charge in [0, 0.05) is 19.2 Å². The fourth-order valence-electron chi connectivity index (χ4n) is 1.90. The Bertz CT molecular complexity index is 337. The fourth-order valence-corrected chi connectivity index (χ4v) is 1.90. The minimum Gasteiger partial charge on any atom is -0.475 e. The summed E-state index contributed by atoms with van der Waals surface area (Å²) in [4.78, 5) is 12.8. The summed E-state index contributed by atoms with van der Waals surface area (Å²) in [5.41, 5.74) is 0. The molecular formula is C11H15NO3. The molecule has 0 unspecified atom stereocenters. The van der Waals surface area contributed by atoms with E-state index in [1.54, 1.807) is 6.07 Å². The van der Waals surface area contributed by atoms with E-state index >= 15 is 0 Å². The number of carboxylic acid groups (broad SMARTS) is 1. The van der Waals surface area contributed by atoms with E-state index in [0.29, 0.717) is 5.88 Å². The molecule has 0 radical (unpaired) electrons. The Balaban J connectivity index is 2.10. The lowest BCUT2D eigenvalue weighted by Gasteiger charge is -2.18. The molecule has 0 bridgehead atoms. The molecule has 0 spiro atoms. The van der Waals surface area contributed by atoms with Gasteiger partial charge in [0.2, 0.25) is 5.76 Å². The topological polar surface area (TPSA) is 53.7 Å². The first-order valence-electron chi connectivity index (χ1n) is 5.35. The lowest BCUT2D eigenvalue weighted by Crippen LogP contribution is -2.23. The summed E-state index contributed by atoms with van der Waals surface area (Å²) in [5, 5.41) is 8.74. The highest BCUT2D eigenvalue weighted by Crippen LogP contribution is 2.22. The maximum absolute atomic E-state index is 10.7. The van der Waals surface area contributed by atoms with Crippen LogP contribution < -0.4 is 4.90 Å². The van der Waals surface area contributed by atoms with Gasteiger partial charge in [-0.1, -0.05) is 12.8 Å². The molecule has 0 amide bonds. The van der Waals surface area contributed by atoms with Crippen LogP contribution in [0, 0.1) is 0 Å². The average molecular weight is 209 g/mol. The molecule has 4 nitrogen and oxygen atoms in total. The molecule has 1 saturated heterocycles. The van der Waals surface area contributed by atoms with Crippen LogP contribution in [0.5, 0.6) is 0 Å². The van der Waals surface area contributed by atoms with Crippen LogP contribution in [0.3, 0.4) is 0 Å². The lowest BCUT2D eigenvalue weighted by molar-refractivity contribution is 0.0663. The summed E-state index contributed by atoms with van der Waals surface area (Å²) < 4.78 is 5.27. The second-order valence-electron chi connectivity index (χ2n) is 3.84. The largest absolute Gasteiger partial charge is 0.475 e. The highest BCUT2D eigenvalue weighted by Gasteiger charge is 2.15. The van der Waals surface area contributed by atoms with E-state index in [2.05, 4.69) is 4.90 Å². The fraction of sp³-hybridized carbons (Fsp3) is 0.545. The second-order valence-corrected chi connectivity index (χ2v) is 3.84. The SMILES string of the molecule is O=C(O)c1ccc(N2CCCCCC2)o1. The molecular weight excluding hydrogens is 194 g/mol. The highest BCUT2D eigenvalue weighted by molar-refractivity contribution is 5.84. The molecule has 0 aliphatic carbocycles. The Hall–Kier alpha value is -1.45. The molecule has 1 aliphatic rings. The van der Waals surface area contributed by atoms with Crippen LogP contribution in [0.2, 0.25) is 0 Å². The van der Waals surface area contributed by atoms with Gasteiger partial charge in [-0.25, -0.2) is 4.79 Å². The molecule has 2 rings (SSSR count). The van der Waals surface area contributed by atoms with Gasteiger partial charge in [0.1, 0.15) is 0 Å². The summed E-state index contributed by atoms with van der Waals surface area (Å²) in [6.07, 6.45) is 4.82. The van der Waals surface area contributed by atoms with Crippen molar-refractivity contribution in [3.63, 3.8) is 0 Å². The number of carbonyl (C=O) groups is 1. The smallest absolute Gasteiger partial charge is 0.371 e. The molecule has 1 aliphatic heterocycles. The number of anilines is 1. The Morgan fingerprint density at radius 3 is 2.40 bits per heavy atom. The van der Waals surface area contributed by atoms with Crippen molar-refractivity contribution in [1.29, 1.82) is 0 Å². The van der Waals surface area contributed by atoms with E-state index in [1.807, 2.05) is 0 Å². The normalized spacial score (nSPS) is 17.5. The monoisotopic (exact) mass is 209 g/mol. The van der Waals surface area contributed by atoms with Crippen LogP contribution in [0.15, 0.2) is 16.5 Å². The van der Waals surface area contributed by atoms with Gasteiger partial charge in [-0.2, -0.15) is 0 Å². The minimum atomic E-state index is -1.00. The van der Waals surface area contributed by atoms with E-state index < -0.39 is 5.97 Å². The van der Waals surface area contributed by atoms with Crippen molar-refractivity contribution in [2.75, 3.05) is 18.0 Å². The van der Waals surface area contributed by atoms with Crippen molar-refractivity contribution in [1.82, 2.24) is 0 Å². The first kappa shape index (κ1) is 10.1. The van der Waals surface area contributed by atoms with Gasteiger partial charge in [-0.3, -0.25) is 0 Å². The molecule has 1 N–H and O–H groups in total. The molecule has 1 aromatic heterocycles. The van der Waals surface area contributed by atoms with Crippen LogP contribution in [-0.2, 0) is 0 Å². The van der Waals surface area contributed by atoms with Crippen molar-refractivity contribution in [2.45, 2.75) is 25.7 Å². The summed E-state index contributed by atoms with van der Waals surface area (Å²) in [6, 6.07) is 3.26. The van der Waals surface area contributed by atoms with Gasteiger partial charge in [0.05, 0.1) is 0 Å². The Morgan fingerprint density at radius 2 is 1.87 bits per heavy atom. The van der Waals surface area contributed by atoms with Crippen LogP contribution in [0.4, 0.5) is 5.88 Å². The third kappa shape index (κ3) is 2.32. The lowest BCUT2D eigenvalue weighted by atomic mass is 10.2. The maximum Gasteiger partial charge on any atom is 0.371 e. The molecule has 15 heavy (non-hydrogen) atoms. The highest BCUT2D eigenvalue weighted by atomic mass is 16.4. The Kier molecular flexibility index (Phi) is 2.94. The van der Waals surface area contributed by atoms with E-state index in [9.17, 15) is 4.79 Å². The van der Waals surface area contributed by atoms with Gasteiger partial charge >= 0.3 is 5.97 Å². The molecule has 0 saturated carbocycles. The number of carboxylic acids is 1. The minimum absolute atomic E-state index is 0.0225. The van der Waals surface area contributed by atoms with Crippen LogP contribution >= 0.6 is 0 Å². The number of furan rings is 1. The predicted octanol–water partition coefficient (Wildman–Crippen LogP) is 2.36. The maximum atomic E-state index is 10.7. The third-order valence-corrected chi connectivity index (χ3v) is 2.72. The van der Waals surface area contributed by atoms with Crippen LogP contribution in [0.1, 0.15) is 36.2 Å². The molecule has 82 valence electrons. The first-order valence-corrected chi connectivity index (χ1v) is 5.35. The zero-order valence-electron chi connectivity index (χ0n) is 8.61. The quantitative estimate of drug-likeness (QED) is 0.812. The van der Waals surface area contributed by atoms with E-state index in [-0.39, 0.29) is 5.76 Å². The predicted molar refractivity (Wildman–Crippen MR) is 56.3 cm³/mol. The molecule has 0 aromatic carbocycles. The van der Waals surface area contributed by atoms with Crippen LogP contribution in [-0.4, -0.2) is 24.2 Å². The van der Waals surface area contributed by atoms with Crippen molar-refractivity contribution in [3.05, 3.63) is 17.9 Å². The Labute approximate surface area is 88.5 Å². The Morgan fingerprint density at radius 1 is 1.20 bits per heavy atom. The van der Waals surface area contributed by atoms with E-state index in [1.165, 1.54) is 18.9 Å². The summed E-state index contributed by atoms with van der Waals surface area (Å²) in [7, 11) is 0. The number of hydrogen-bond donors (Lipinski definition) is 1. The molecule has 4 heteroatoms. The van der Waals surface area contributed by atoms with E-state index in [4.69, 9.17) is 9.52 Å². The molecule has 2 heterocycles. The summed E-state index contributed by atoms with van der Waals surface area (Å²) >= 11 is 0. The van der Waals surface area contributed by atoms with Crippen LogP contribution in [0.25, 0.3) is 0 Å². The van der Waals surface area contributed by atoms with Crippen molar-refractivity contribution in [3.8, 4) is 0 Å². The van der Waals surface area contributed by atoms with Gasteiger partial charge in [0.25, 0.3) is 0 Å². The number of nitrogens with zero attached hydrogens (tertiary/aromatic N) is 1. The molecule has 1 aromatic rings. The standard InChI is InChI=1S/C11H15NO3/c13-11(14)9-5-6-10(15-9)12-7-3-1-2-4-8-12/h5-6H,1-4,7-8H2,(H,13,14). The summed E-state index contributed by atoms with van der Waals surface area (Å²) in [5.74, 6) is -0.292. The zero-order valence-corrected chi connectivity index (χ0v) is 8.61.